The SMILES string of the molecule is CCCCSC#CP(=O)(OCC)OCC. The van der Waals surface area contributed by atoms with Gasteiger partial charge >= 0.3 is 7.60 Å². The quantitative estimate of drug-likeness (QED) is 0.392. The number of hydrogen-bond donors (Lipinski definition) is 0. The lowest BCUT2D eigenvalue weighted by Gasteiger charge is -2.09. The Morgan fingerprint density at radius 2 is 1.80 bits per heavy atom. The molecular weight excluding hydrogens is 231 g/mol. The molecule has 0 aliphatic heterocycles. The second-order valence-electron chi connectivity index (χ2n) is 2.75. The van der Waals surface area contributed by atoms with Crippen LogP contribution in [0.2, 0.25) is 0 Å². The monoisotopic (exact) mass is 250 g/mol. The molecule has 0 rings (SSSR count). The van der Waals surface area contributed by atoms with Crippen LogP contribution in [0.15, 0.2) is 0 Å². The maximum absolute atomic E-state index is 11.8. The minimum absolute atomic E-state index is 0.353. The zero-order valence-electron chi connectivity index (χ0n) is 9.62. The topological polar surface area (TPSA) is 35.5 Å². The van der Waals surface area contributed by atoms with Crippen LogP contribution in [0.25, 0.3) is 0 Å². The van der Waals surface area contributed by atoms with Crippen LogP contribution in [0.1, 0.15) is 33.6 Å². The maximum Gasteiger partial charge on any atom is 0.406 e. The van der Waals surface area contributed by atoms with Crippen LogP contribution in [-0.2, 0) is 13.6 Å². The summed E-state index contributed by atoms with van der Waals surface area (Å²) < 4.78 is 21.9. The summed E-state index contributed by atoms with van der Waals surface area (Å²) in [7, 11) is -3.15. The highest BCUT2D eigenvalue weighted by Crippen LogP contribution is 2.46. The van der Waals surface area contributed by atoms with Gasteiger partial charge in [-0.2, -0.15) is 0 Å². The standard InChI is InChI=1S/C10H19O3PS/c1-4-7-9-15-10-8-14(11,12-5-2)13-6-3/h4-7,9H2,1-3H3. The number of hydrogen-bond acceptors (Lipinski definition) is 4. The van der Waals surface area contributed by atoms with Crippen molar-refractivity contribution < 1.29 is 13.6 Å². The fourth-order valence-electron chi connectivity index (χ4n) is 0.797. The Labute approximate surface area is 96.8 Å². The third kappa shape index (κ3) is 7.93. The summed E-state index contributed by atoms with van der Waals surface area (Å²) >= 11 is 1.46. The lowest BCUT2D eigenvalue weighted by Crippen LogP contribution is -1.92. The van der Waals surface area contributed by atoms with Crippen molar-refractivity contribution >= 4 is 19.4 Å². The first kappa shape index (κ1) is 15.1. The Kier molecular flexibility index (Phi) is 9.33. The van der Waals surface area contributed by atoms with Crippen molar-refractivity contribution in [2.75, 3.05) is 19.0 Å². The predicted octanol–water partition coefficient (Wildman–Crippen LogP) is 3.70. The van der Waals surface area contributed by atoms with Crippen LogP contribution in [-0.4, -0.2) is 19.0 Å². The van der Waals surface area contributed by atoms with E-state index in [4.69, 9.17) is 9.05 Å². The normalized spacial score (nSPS) is 10.9. The van der Waals surface area contributed by atoms with Crippen LogP contribution < -0.4 is 0 Å². The van der Waals surface area contributed by atoms with Gasteiger partial charge in [-0.15, -0.1) is 0 Å². The molecule has 0 spiro atoms. The molecule has 0 N–H and O–H groups in total. The van der Waals surface area contributed by atoms with Crippen molar-refractivity contribution in [1.29, 1.82) is 0 Å². The van der Waals surface area contributed by atoms with E-state index in [0.29, 0.717) is 13.2 Å². The molecule has 15 heavy (non-hydrogen) atoms. The summed E-state index contributed by atoms with van der Waals surface area (Å²) in [5, 5.41) is 2.78. The van der Waals surface area contributed by atoms with Gasteiger partial charge in [-0.1, -0.05) is 25.1 Å². The van der Waals surface area contributed by atoms with Gasteiger partial charge in [-0.3, -0.25) is 9.05 Å². The Bertz CT molecular complexity index is 247. The Morgan fingerprint density at radius 3 is 2.27 bits per heavy atom. The van der Waals surface area contributed by atoms with Crippen LogP contribution in [0, 0.1) is 10.9 Å². The summed E-state index contributed by atoms with van der Waals surface area (Å²) in [6, 6.07) is 0. The van der Waals surface area contributed by atoms with Gasteiger partial charge in [0.1, 0.15) is 0 Å². The van der Waals surface area contributed by atoms with E-state index in [9.17, 15) is 4.57 Å². The zero-order valence-corrected chi connectivity index (χ0v) is 11.3. The first-order valence-corrected chi connectivity index (χ1v) is 7.74. The Morgan fingerprint density at radius 1 is 1.20 bits per heavy atom. The average Bonchev–Trinajstić information content (AvgIpc) is 2.18. The lowest BCUT2D eigenvalue weighted by molar-refractivity contribution is 0.231. The molecule has 0 saturated carbocycles. The molecule has 0 fully saturated rings. The summed E-state index contributed by atoms with van der Waals surface area (Å²) in [6.07, 6.45) is 2.26. The molecule has 88 valence electrons. The first-order chi connectivity index (χ1) is 7.18. The highest BCUT2D eigenvalue weighted by molar-refractivity contribution is 8.04. The van der Waals surface area contributed by atoms with Crippen LogP contribution >= 0.6 is 19.4 Å². The number of unbranched alkanes of at least 4 members (excludes halogenated alkanes) is 1. The van der Waals surface area contributed by atoms with E-state index < -0.39 is 7.60 Å². The fraction of sp³-hybridized carbons (Fsp3) is 0.800. The summed E-state index contributed by atoms with van der Waals surface area (Å²) in [5.41, 5.74) is 2.58. The Balaban J connectivity index is 4.08. The van der Waals surface area contributed by atoms with E-state index in [-0.39, 0.29) is 0 Å². The van der Waals surface area contributed by atoms with Crippen molar-refractivity contribution in [2.24, 2.45) is 0 Å². The first-order valence-electron chi connectivity index (χ1n) is 5.21. The smallest absolute Gasteiger partial charge is 0.300 e. The summed E-state index contributed by atoms with van der Waals surface area (Å²) in [5.74, 6) is 0.960. The van der Waals surface area contributed by atoms with E-state index in [1.807, 2.05) is 0 Å². The molecule has 0 radical (unpaired) electrons. The van der Waals surface area contributed by atoms with E-state index >= 15 is 0 Å². The van der Waals surface area contributed by atoms with E-state index in [0.717, 1.165) is 18.6 Å². The second kappa shape index (κ2) is 9.30. The van der Waals surface area contributed by atoms with Gasteiger partial charge in [0.25, 0.3) is 0 Å². The Hall–Kier alpha value is 0.0600. The van der Waals surface area contributed by atoms with Gasteiger partial charge in [0, 0.05) is 11.4 Å². The lowest BCUT2D eigenvalue weighted by atomic mass is 10.4. The number of thioether (sulfide) groups is 1. The van der Waals surface area contributed by atoms with Gasteiger partial charge in [-0.05, 0) is 25.5 Å². The van der Waals surface area contributed by atoms with Crippen molar-refractivity contribution in [3.05, 3.63) is 0 Å². The molecule has 0 aliphatic rings. The molecule has 0 unspecified atom stereocenters. The van der Waals surface area contributed by atoms with Gasteiger partial charge < -0.3 is 0 Å². The van der Waals surface area contributed by atoms with Crippen molar-refractivity contribution in [1.82, 2.24) is 0 Å². The molecule has 0 bridgehead atoms. The highest BCUT2D eigenvalue weighted by Gasteiger charge is 2.19. The molecule has 0 aromatic heterocycles. The number of rotatable bonds is 7. The van der Waals surface area contributed by atoms with E-state index in [1.165, 1.54) is 11.8 Å². The van der Waals surface area contributed by atoms with Crippen LogP contribution in [0.5, 0.6) is 0 Å². The van der Waals surface area contributed by atoms with E-state index in [1.54, 1.807) is 13.8 Å². The van der Waals surface area contributed by atoms with Gasteiger partial charge in [0.2, 0.25) is 0 Å². The molecule has 0 aliphatic carbocycles. The molecule has 0 atom stereocenters. The highest BCUT2D eigenvalue weighted by atomic mass is 32.2. The van der Waals surface area contributed by atoms with Crippen LogP contribution in [0.3, 0.4) is 0 Å². The van der Waals surface area contributed by atoms with Gasteiger partial charge in [0.15, 0.2) is 0 Å². The van der Waals surface area contributed by atoms with Crippen molar-refractivity contribution in [3.63, 3.8) is 0 Å². The molecule has 0 saturated heterocycles. The molecule has 0 heterocycles. The van der Waals surface area contributed by atoms with Gasteiger partial charge in [-0.25, -0.2) is 4.57 Å². The van der Waals surface area contributed by atoms with Crippen molar-refractivity contribution in [2.45, 2.75) is 33.6 Å². The molecule has 5 heteroatoms. The predicted molar refractivity (Wildman–Crippen MR) is 66.0 cm³/mol. The summed E-state index contributed by atoms with van der Waals surface area (Å²) in [6.45, 7) is 6.38. The maximum atomic E-state index is 11.8. The molecule has 0 aromatic carbocycles. The third-order valence-corrected chi connectivity index (χ3v) is 3.93. The average molecular weight is 250 g/mol. The third-order valence-electron chi connectivity index (χ3n) is 1.45. The summed E-state index contributed by atoms with van der Waals surface area (Å²) in [4.78, 5) is 0. The second-order valence-corrected chi connectivity index (χ2v) is 5.38. The minimum Gasteiger partial charge on any atom is -0.300 e. The molecule has 3 nitrogen and oxygen atoms in total. The molecule has 0 aromatic rings. The van der Waals surface area contributed by atoms with Gasteiger partial charge in [0.05, 0.1) is 13.2 Å². The molecular formula is C10H19O3PS. The largest absolute Gasteiger partial charge is 0.406 e. The van der Waals surface area contributed by atoms with Crippen molar-refractivity contribution in [3.8, 4) is 10.9 Å². The van der Waals surface area contributed by atoms with Crippen LogP contribution in [0.4, 0.5) is 0 Å². The van der Waals surface area contributed by atoms with E-state index in [2.05, 4.69) is 17.8 Å². The zero-order chi connectivity index (χ0) is 11.6. The minimum atomic E-state index is -3.15. The molecule has 0 amide bonds. The fourth-order valence-corrected chi connectivity index (χ4v) is 2.92.